The molecule has 0 aliphatic carbocycles. The minimum Gasteiger partial charge on any atom is -0.330 e. The number of benzene rings is 2. The fourth-order valence-corrected chi connectivity index (χ4v) is 5.22. The number of hydrogen-bond donors (Lipinski definition) is 1. The van der Waals surface area contributed by atoms with E-state index in [1.165, 1.54) is 9.21 Å². The van der Waals surface area contributed by atoms with Gasteiger partial charge < -0.3 is 14.8 Å². The largest absolute Gasteiger partial charge is 0.330 e. The lowest BCUT2D eigenvalue weighted by Crippen LogP contribution is -2.31. The third kappa shape index (κ3) is 4.74. The number of fused-ring (bicyclic) bond motifs is 1. The van der Waals surface area contributed by atoms with Crippen LogP contribution in [0.4, 0.5) is 10.5 Å². The van der Waals surface area contributed by atoms with Gasteiger partial charge in [0.2, 0.25) is 10.0 Å². The molecule has 0 spiro atoms. The molecule has 3 rings (SSSR count). The zero-order valence-corrected chi connectivity index (χ0v) is 20.5. The van der Waals surface area contributed by atoms with Crippen LogP contribution in [0.1, 0.15) is 25.2 Å². The number of carbonyl (C=O) groups excluding carboxylic acids is 1. The minimum atomic E-state index is -3.58. The first-order chi connectivity index (χ1) is 15.1. The quantitative estimate of drug-likeness (QED) is 0.551. The third-order valence-corrected chi connectivity index (χ3v) is 7.74. The number of anilines is 1. The lowest BCUT2D eigenvalue weighted by atomic mass is 10.2. The maximum absolute atomic E-state index is 12.8. The van der Waals surface area contributed by atoms with Gasteiger partial charge in [-0.3, -0.25) is 0 Å². The van der Waals surface area contributed by atoms with Crippen molar-refractivity contribution in [3.63, 3.8) is 0 Å². The van der Waals surface area contributed by atoms with Crippen molar-refractivity contribution in [3.8, 4) is 0 Å². The molecule has 0 unspecified atom stereocenters. The van der Waals surface area contributed by atoms with Gasteiger partial charge in [0.25, 0.3) is 0 Å². The van der Waals surface area contributed by atoms with Crippen molar-refractivity contribution >= 4 is 44.4 Å². The Labute approximate surface area is 193 Å². The highest BCUT2D eigenvalue weighted by molar-refractivity contribution is 7.89. The predicted octanol–water partition coefficient (Wildman–Crippen LogP) is 4.23. The summed E-state index contributed by atoms with van der Waals surface area (Å²) in [5.74, 6) is 0.630. The molecule has 1 heterocycles. The van der Waals surface area contributed by atoms with Crippen molar-refractivity contribution in [1.29, 1.82) is 0 Å². The van der Waals surface area contributed by atoms with Gasteiger partial charge in [-0.25, -0.2) is 18.2 Å². The zero-order chi connectivity index (χ0) is 23.6. The molecule has 10 heteroatoms. The van der Waals surface area contributed by atoms with Crippen molar-refractivity contribution in [2.24, 2.45) is 7.05 Å². The van der Waals surface area contributed by atoms with Gasteiger partial charge in [0.15, 0.2) is 0 Å². The summed E-state index contributed by atoms with van der Waals surface area (Å²) in [4.78, 5) is 18.9. The van der Waals surface area contributed by atoms with Gasteiger partial charge in [0, 0.05) is 27.2 Å². The van der Waals surface area contributed by atoms with Gasteiger partial charge in [-0.05, 0) is 42.8 Å². The van der Waals surface area contributed by atoms with Gasteiger partial charge in [-0.2, -0.15) is 4.31 Å². The molecule has 0 saturated heterocycles. The van der Waals surface area contributed by atoms with Crippen molar-refractivity contribution < 1.29 is 13.2 Å². The first kappa shape index (κ1) is 24.0. The minimum absolute atomic E-state index is 0.207. The number of halogens is 1. The van der Waals surface area contributed by atoms with Crippen LogP contribution in [0, 0.1) is 6.92 Å². The van der Waals surface area contributed by atoms with E-state index >= 15 is 0 Å². The van der Waals surface area contributed by atoms with Crippen LogP contribution in [0.3, 0.4) is 0 Å². The molecule has 2 aromatic carbocycles. The van der Waals surface area contributed by atoms with Crippen LogP contribution >= 0.6 is 11.6 Å². The normalized spacial score (nSPS) is 11.8. The fraction of sp³-hybridized carbons (Fsp3) is 0.364. The SMILES string of the molecule is CCN(CC)S(=O)(=O)c1ccc2c(c1)nc(CN(C)C(=O)Nc1ccc(C)cc1Cl)n2C. The van der Waals surface area contributed by atoms with E-state index in [1.807, 2.05) is 38.5 Å². The van der Waals surface area contributed by atoms with E-state index in [1.54, 1.807) is 37.4 Å². The molecule has 0 aliphatic rings. The highest BCUT2D eigenvalue weighted by atomic mass is 35.5. The fourth-order valence-electron chi connectivity index (χ4n) is 3.46. The Morgan fingerprint density at radius 1 is 1.16 bits per heavy atom. The van der Waals surface area contributed by atoms with Crippen LogP contribution in [0.2, 0.25) is 5.02 Å². The average Bonchev–Trinajstić information content (AvgIpc) is 3.05. The number of aromatic nitrogens is 2. The topological polar surface area (TPSA) is 87.5 Å². The third-order valence-electron chi connectivity index (χ3n) is 5.38. The van der Waals surface area contributed by atoms with Gasteiger partial charge in [-0.1, -0.05) is 31.5 Å². The molecule has 8 nitrogen and oxygen atoms in total. The van der Waals surface area contributed by atoms with Crippen molar-refractivity contribution in [1.82, 2.24) is 18.8 Å². The van der Waals surface area contributed by atoms with Crippen LogP contribution in [-0.4, -0.2) is 53.3 Å². The summed E-state index contributed by atoms with van der Waals surface area (Å²) >= 11 is 6.21. The summed E-state index contributed by atoms with van der Waals surface area (Å²) in [6.07, 6.45) is 0. The van der Waals surface area contributed by atoms with E-state index in [2.05, 4.69) is 10.3 Å². The lowest BCUT2D eigenvalue weighted by molar-refractivity contribution is 0.219. The van der Waals surface area contributed by atoms with Crippen molar-refractivity contribution in [2.75, 3.05) is 25.5 Å². The van der Waals surface area contributed by atoms with E-state index in [4.69, 9.17) is 11.6 Å². The average molecular weight is 478 g/mol. The summed E-state index contributed by atoms with van der Waals surface area (Å²) in [5, 5.41) is 3.27. The molecule has 2 amide bonds. The van der Waals surface area contributed by atoms with Gasteiger partial charge in [0.1, 0.15) is 5.82 Å². The van der Waals surface area contributed by atoms with Crippen LogP contribution in [0.15, 0.2) is 41.3 Å². The van der Waals surface area contributed by atoms with E-state index < -0.39 is 10.0 Å². The van der Waals surface area contributed by atoms with Crippen molar-refractivity contribution in [3.05, 3.63) is 52.8 Å². The van der Waals surface area contributed by atoms with Gasteiger partial charge >= 0.3 is 6.03 Å². The van der Waals surface area contributed by atoms with Crippen LogP contribution < -0.4 is 5.32 Å². The number of urea groups is 1. The number of carbonyl (C=O) groups is 1. The Morgan fingerprint density at radius 3 is 2.47 bits per heavy atom. The monoisotopic (exact) mass is 477 g/mol. The smallest absolute Gasteiger partial charge is 0.322 e. The number of rotatable bonds is 7. The highest BCUT2D eigenvalue weighted by Gasteiger charge is 2.23. The van der Waals surface area contributed by atoms with Crippen LogP contribution in [-0.2, 0) is 23.6 Å². The number of nitrogens with one attached hydrogen (secondary N) is 1. The molecular weight excluding hydrogens is 450 g/mol. The summed E-state index contributed by atoms with van der Waals surface area (Å²) in [6.45, 7) is 6.57. The summed E-state index contributed by atoms with van der Waals surface area (Å²) in [5.41, 5.74) is 2.88. The molecule has 32 heavy (non-hydrogen) atoms. The van der Waals surface area contributed by atoms with Crippen LogP contribution in [0.5, 0.6) is 0 Å². The second kappa shape index (κ2) is 9.48. The Morgan fingerprint density at radius 2 is 1.84 bits per heavy atom. The molecule has 0 fully saturated rings. The Bertz CT molecular complexity index is 1250. The standard InChI is InChI=1S/C22H28ClN5O3S/c1-6-28(7-2)32(30,31)16-9-11-20-19(13-16)24-21(27(20)5)14-26(4)22(29)25-18-10-8-15(3)12-17(18)23/h8-13H,6-7,14H2,1-5H3,(H,25,29). The predicted molar refractivity (Wildman–Crippen MR) is 127 cm³/mol. The number of imidazole rings is 1. The molecule has 172 valence electrons. The number of aryl methyl sites for hydroxylation is 2. The van der Waals surface area contributed by atoms with E-state index in [0.29, 0.717) is 35.1 Å². The van der Waals surface area contributed by atoms with E-state index in [-0.39, 0.29) is 17.5 Å². The molecule has 0 radical (unpaired) electrons. The number of nitrogens with zero attached hydrogens (tertiary/aromatic N) is 4. The van der Waals surface area contributed by atoms with E-state index in [9.17, 15) is 13.2 Å². The maximum Gasteiger partial charge on any atom is 0.322 e. The molecular formula is C22H28ClN5O3S. The molecule has 1 aromatic heterocycles. The molecule has 1 N–H and O–H groups in total. The Kier molecular flexibility index (Phi) is 7.12. The first-order valence-electron chi connectivity index (χ1n) is 10.3. The molecule has 0 atom stereocenters. The van der Waals surface area contributed by atoms with E-state index in [0.717, 1.165) is 11.1 Å². The van der Waals surface area contributed by atoms with Crippen molar-refractivity contribution in [2.45, 2.75) is 32.2 Å². The van der Waals surface area contributed by atoms with Gasteiger partial charge in [0.05, 0.1) is 33.2 Å². The maximum atomic E-state index is 12.8. The summed E-state index contributed by atoms with van der Waals surface area (Å²) in [6, 6.07) is 10.0. The molecule has 0 saturated carbocycles. The van der Waals surface area contributed by atoms with Crippen LogP contribution in [0.25, 0.3) is 11.0 Å². The first-order valence-corrected chi connectivity index (χ1v) is 12.1. The number of sulfonamides is 1. The lowest BCUT2D eigenvalue weighted by Gasteiger charge is -2.18. The molecule has 3 aromatic rings. The summed E-state index contributed by atoms with van der Waals surface area (Å²) in [7, 11) is -0.0786. The van der Waals surface area contributed by atoms with Gasteiger partial charge in [-0.15, -0.1) is 0 Å². The molecule has 0 aliphatic heterocycles. The highest BCUT2D eigenvalue weighted by Crippen LogP contribution is 2.24. The second-order valence-electron chi connectivity index (χ2n) is 7.60. The second-order valence-corrected chi connectivity index (χ2v) is 9.94. The molecule has 0 bridgehead atoms. The Hall–Kier alpha value is -2.62. The summed E-state index contributed by atoms with van der Waals surface area (Å²) < 4.78 is 28.9. The number of amides is 2. The number of hydrogen-bond acceptors (Lipinski definition) is 4. The Balaban J connectivity index is 1.83. The zero-order valence-electron chi connectivity index (χ0n) is 18.9.